The lowest BCUT2D eigenvalue weighted by Gasteiger charge is -2.40. The van der Waals surface area contributed by atoms with Crippen molar-refractivity contribution in [1.82, 2.24) is 9.55 Å². The molecule has 0 bridgehead atoms. The van der Waals surface area contributed by atoms with E-state index in [-0.39, 0.29) is 0 Å². The van der Waals surface area contributed by atoms with Gasteiger partial charge in [0.15, 0.2) is 0 Å². The van der Waals surface area contributed by atoms with Crippen molar-refractivity contribution in [3.63, 3.8) is 0 Å². The molecular weight excluding hydrogens is 206 g/mol. The van der Waals surface area contributed by atoms with Crippen LogP contribution in [0, 0.1) is 0 Å². The molecule has 1 aromatic heterocycles. The lowest BCUT2D eigenvalue weighted by atomic mass is 9.84. The van der Waals surface area contributed by atoms with E-state index in [1.807, 2.05) is 24.2 Å². The van der Waals surface area contributed by atoms with Crippen molar-refractivity contribution in [2.24, 2.45) is 0 Å². The number of anilines is 1. The third kappa shape index (κ3) is 2.14. The smallest absolute Gasteiger partial charge is 0.202 e. The molecule has 15 heavy (non-hydrogen) atoms. The first-order valence-electron chi connectivity index (χ1n) is 5.60. The van der Waals surface area contributed by atoms with Crippen molar-refractivity contribution in [1.29, 1.82) is 0 Å². The molecule has 0 aromatic carbocycles. The first-order valence-corrected chi connectivity index (χ1v) is 6.82. The molecule has 0 aliphatic heterocycles. The minimum Gasteiger partial charge on any atom is -0.354 e. The third-order valence-corrected chi connectivity index (χ3v) is 4.74. The Morgan fingerprint density at radius 2 is 2.40 bits per heavy atom. The maximum Gasteiger partial charge on any atom is 0.202 e. The zero-order valence-corrected chi connectivity index (χ0v) is 10.3. The standard InChI is InChI=1S/C11H19N3S/c1-3-14-8-7-12-10(14)13-9-11(15-2)5-4-6-11/h7-8H,3-6,9H2,1-2H3,(H,12,13). The summed E-state index contributed by atoms with van der Waals surface area (Å²) < 4.78 is 2.62. The third-order valence-electron chi connectivity index (χ3n) is 3.32. The van der Waals surface area contributed by atoms with Gasteiger partial charge in [-0.2, -0.15) is 11.8 Å². The van der Waals surface area contributed by atoms with Crippen molar-refractivity contribution in [2.75, 3.05) is 18.1 Å². The number of imidazole rings is 1. The molecule has 1 aliphatic carbocycles. The molecule has 1 heterocycles. The summed E-state index contributed by atoms with van der Waals surface area (Å²) in [7, 11) is 0. The van der Waals surface area contributed by atoms with E-state index in [9.17, 15) is 0 Å². The van der Waals surface area contributed by atoms with Gasteiger partial charge in [-0.3, -0.25) is 0 Å². The van der Waals surface area contributed by atoms with Gasteiger partial charge in [0, 0.05) is 30.2 Å². The molecule has 0 unspecified atom stereocenters. The first kappa shape index (κ1) is 10.9. The Labute approximate surface area is 95.7 Å². The van der Waals surface area contributed by atoms with Gasteiger partial charge in [0.05, 0.1) is 0 Å². The van der Waals surface area contributed by atoms with Crippen LogP contribution < -0.4 is 5.32 Å². The Hall–Kier alpha value is -0.640. The van der Waals surface area contributed by atoms with E-state index >= 15 is 0 Å². The summed E-state index contributed by atoms with van der Waals surface area (Å²) in [6, 6.07) is 0. The Morgan fingerprint density at radius 1 is 1.60 bits per heavy atom. The molecule has 3 nitrogen and oxygen atoms in total. The van der Waals surface area contributed by atoms with Crippen molar-refractivity contribution >= 4 is 17.7 Å². The molecule has 0 saturated heterocycles. The lowest BCUT2D eigenvalue weighted by Crippen LogP contribution is -2.40. The normalized spacial score (nSPS) is 18.5. The zero-order chi connectivity index (χ0) is 10.7. The number of thioether (sulfide) groups is 1. The van der Waals surface area contributed by atoms with E-state index in [0.717, 1.165) is 19.0 Å². The second-order valence-corrected chi connectivity index (χ2v) is 5.41. The van der Waals surface area contributed by atoms with Crippen molar-refractivity contribution < 1.29 is 0 Å². The fourth-order valence-electron chi connectivity index (χ4n) is 2.00. The van der Waals surface area contributed by atoms with E-state index in [4.69, 9.17) is 0 Å². The van der Waals surface area contributed by atoms with Crippen LogP contribution in [0.4, 0.5) is 5.95 Å². The molecule has 1 aliphatic rings. The lowest BCUT2D eigenvalue weighted by molar-refractivity contribution is 0.379. The van der Waals surface area contributed by atoms with Crippen LogP contribution in [0.1, 0.15) is 26.2 Å². The van der Waals surface area contributed by atoms with Crippen LogP contribution in [0.25, 0.3) is 0 Å². The molecular formula is C11H19N3S. The molecule has 0 spiro atoms. The second-order valence-electron chi connectivity index (χ2n) is 4.13. The van der Waals surface area contributed by atoms with E-state index in [0.29, 0.717) is 4.75 Å². The predicted octanol–water partition coefficient (Wildman–Crippen LogP) is 2.60. The van der Waals surface area contributed by atoms with E-state index in [1.54, 1.807) is 0 Å². The molecule has 0 radical (unpaired) electrons. The van der Waals surface area contributed by atoms with Gasteiger partial charge < -0.3 is 9.88 Å². The average molecular weight is 225 g/mol. The van der Waals surface area contributed by atoms with Crippen LogP contribution in [0.5, 0.6) is 0 Å². The highest BCUT2D eigenvalue weighted by atomic mass is 32.2. The maximum absolute atomic E-state index is 4.33. The Balaban J connectivity index is 1.92. The Morgan fingerprint density at radius 3 is 2.93 bits per heavy atom. The predicted molar refractivity (Wildman–Crippen MR) is 66.5 cm³/mol. The molecule has 2 rings (SSSR count). The number of hydrogen-bond acceptors (Lipinski definition) is 3. The number of hydrogen-bond donors (Lipinski definition) is 1. The molecule has 1 N–H and O–H groups in total. The van der Waals surface area contributed by atoms with Gasteiger partial charge in [-0.25, -0.2) is 4.98 Å². The largest absolute Gasteiger partial charge is 0.354 e. The number of rotatable bonds is 5. The molecule has 1 aromatic rings. The van der Waals surface area contributed by atoms with Gasteiger partial charge in [0.25, 0.3) is 0 Å². The quantitative estimate of drug-likeness (QED) is 0.835. The van der Waals surface area contributed by atoms with Crippen LogP contribution in [-0.4, -0.2) is 27.1 Å². The molecule has 1 fully saturated rings. The summed E-state index contributed by atoms with van der Waals surface area (Å²) in [5, 5.41) is 3.47. The fourth-order valence-corrected chi connectivity index (χ4v) is 2.91. The van der Waals surface area contributed by atoms with Crippen molar-refractivity contribution in [2.45, 2.75) is 37.5 Å². The average Bonchev–Trinajstić information content (AvgIpc) is 2.64. The van der Waals surface area contributed by atoms with Crippen molar-refractivity contribution in [3.05, 3.63) is 12.4 Å². The molecule has 0 atom stereocenters. The van der Waals surface area contributed by atoms with Crippen molar-refractivity contribution in [3.8, 4) is 0 Å². The van der Waals surface area contributed by atoms with Gasteiger partial charge >= 0.3 is 0 Å². The fraction of sp³-hybridized carbons (Fsp3) is 0.727. The monoisotopic (exact) mass is 225 g/mol. The molecule has 84 valence electrons. The summed E-state index contributed by atoms with van der Waals surface area (Å²) in [5.74, 6) is 1.01. The summed E-state index contributed by atoms with van der Waals surface area (Å²) >= 11 is 1.99. The highest BCUT2D eigenvalue weighted by molar-refractivity contribution is 8.00. The number of aromatic nitrogens is 2. The zero-order valence-electron chi connectivity index (χ0n) is 9.49. The number of nitrogens with one attached hydrogen (secondary N) is 1. The first-order chi connectivity index (χ1) is 7.29. The van der Waals surface area contributed by atoms with Gasteiger partial charge in [-0.1, -0.05) is 6.42 Å². The highest BCUT2D eigenvalue weighted by Gasteiger charge is 2.35. The van der Waals surface area contributed by atoms with Crippen LogP contribution in [0.15, 0.2) is 12.4 Å². The van der Waals surface area contributed by atoms with Gasteiger partial charge in [0.2, 0.25) is 5.95 Å². The van der Waals surface area contributed by atoms with E-state index in [1.165, 1.54) is 19.3 Å². The van der Waals surface area contributed by atoms with Gasteiger partial charge in [-0.05, 0) is 26.0 Å². The summed E-state index contributed by atoms with van der Waals surface area (Å²) in [6.45, 7) is 4.17. The van der Waals surface area contributed by atoms with Crippen LogP contribution in [0.3, 0.4) is 0 Å². The second kappa shape index (κ2) is 4.47. The van der Waals surface area contributed by atoms with E-state index < -0.39 is 0 Å². The minimum absolute atomic E-state index is 0.477. The van der Waals surface area contributed by atoms with Crippen LogP contribution in [-0.2, 0) is 6.54 Å². The minimum atomic E-state index is 0.477. The number of aryl methyl sites for hydroxylation is 1. The summed E-state index contributed by atoms with van der Waals surface area (Å²) in [4.78, 5) is 4.33. The molecule has 4 heteroatoms. The Bertz CT molecular complexity index is 312. The van der Waals surface area contributed by atoms with Gasteiger partial charge in [0.1, 0.15) is 0 Å². The van der Waals surface area contributed by atoms with E-state index in [2.05, 4.69) is 28.0 Å². The topological polar surface area (TPSA) is 29.9 Å². The summed E-state index contributed by atoms with van der Waals surface area (Å²) in [5.41, 5.74) is 0. The van der Waals surface area contributed by atoms with Crippen LogP contribution >= 0.6 is 11.8 Å². The Kier molecular flexibility index (Phi) is 3.24. The molecule has 1 saturated carbocycles. The van der Waals surface area contributed by atoms with Crippen LogP contribution in [0.2, 0.25) is 0 Å². The van der Waals surface area contributed by atoms with Gasteiger partial charge in [-0.15, -0.1) is 0 Å². The summed E-state index contributed by atoms with van der Waals surface area (Å²) in [6.07, 6.45) is 10.2. The maximum atomic E-state index is 4.33. The number of nitrogens with zero attached hydrogens (tertiary/aromatic N) is 2. The highest BCUT2D eigenvalue weighted by Crippen LogP contribution is 2.42. The SMILES string of the molecule is CCn1ccnc1NCC1(SC)CCC1. The molecule has 0 amide bonds.